The van der Waals surface area contributed by atoms with Crippen LogP contribution in [0.4, 0.5) is 0 Å². The molecule has 0 radical (unpaired) electrons. The molecule has 2 fully saturated rings. The summed E-state index contributed by atoms with van der Waals surface area (Å²) in [6.45, 7) is 0. The summed E-state index contributed by atoms with van der Waals surface area (Å²) in [6, 6.07) is 10.9. The van der Waals surface area contributed by atoms with E-state index < -0.39 is 0 Å². The van der Waals surface area contributed by atoms with E-state index in [1.165, 1.54) is 36.6 Å². The van der Waals surface area contributed by atoms with Gasteiger partial charge in [-0.2, -0.15) is 0 Å². The molecule has 4 rings (SSSR count). The van der Waals surface area contributed by atoms with Crippen LogP contribution in [0.15, 0.2) is 36.5 Å². The van der Waals surface area contributed by atoms with Gasteiger partial charge in [-0.25, -0.2) is 0 Å². The van der Waals surface area contributed by atoms with E-state index in [4.69, 9.17) is 5.84 Å². The zero-order valence-corrected chi connectivity index (χ0v) is 11.6. The Bertz CT molecular complexity index is 624. The monoisotopic (exact) mass is 267 g/mol. The number of benzene rings is 1. The third kappa shape index (κ3) is 1.93. The predicted octanol–water partition coefficient (Wildman–Crippen LogP) is 3.18. The number of rotatable bonds is 3. The molecule has 0 spiro atoms. The molecule has 0 aliphatic heterocycles. The molecule has 2 aromatic rings. The van der Waals surface area contributed by atoms with Crippen LogP contribution in [-0.2, 0) is 0 Å². The van der Waals surface area contributed by atoms with E-state index in [1.807, 2.05) is 12.3 Å². The standard InChI is InChI=1S/C17H21N3/c18-20-17(15-9-11-3-4-13(15)8-11)14-6-5-12-2-1-7-19-16(12)10-14/h1-2,5-7,10-11,13,15,17,20H,3-4,8-9,18H2. The van der Waals surface area contributed by atoms with Crippen molar-refractivity contribution in [2.45, 2.75) is 31.7 Å². The molecule has 1 heterocycles. The van der Waals surface area contributed by atoms with Crippen molar-refractivity contribution in [1.82, 2.24) is 10.4 Å². The molecule has 1 aromatic heterocycles. The van der Waals surface area contributed by atoms with Crippen LogP contribution in [-0.4, -0.2) is 4.98 Å². The molecule has 104 valence electrons. The van der Waals surface area contributed by atoms with Crippen molar-refractivity contribution in [3.8, 4) is 0 Å². The minimum absolute atomic E-state index is 0.275. The number of hydrogen-bond acceptors (Lipinski definition) is 3. The third-order valence-electron chi connectivity index (χ3n) is 5.39. The second-order valence-electron chi connectivity index (χ2n) is 6.44. The molecule has 20 heavy (non-hydrogen) atoms. The number of nitrogens with two attached hydrogens (primary N) is 1. The molecule has 2 aliphatic carbocycles. The molecule has 4 unspecified atom stereocenters. The van der Waals surface area contributed by atoms with E-state index in [9.17, 15) is 0 Å². The summed E-state index contributed by atoms with van der Waals surface area (Å²) in [4.78, 5) is 4.46. The van der Waals surface area contributed by atoms with Crippen molar-refractivity contribution in [3.63, 3.8) is 0 Å². The maximum Gasteiger partial charge on any atom is 0.0705 e. The van der Waals surface area contributed by atoms with Gasteiger partial charge in [-0.1, -0.05) is 24.6 Å². The molecule has 3 N–H and O–H groups in total. The van der Waals surface area contributed by atoms with Gasteiger partial charge in [0.25, 0.3) is 0 Å². The Morgan fingerprint density at radius 3 is 2.90 bits per heavy atom. The van der Waals surface area contributed by atoms with Gasteiger partial charge in [-0.3, -0.25) is 16.3 Å². The first-order chi connectivity index (χ1) is 9.85. The smallest absolute Gasteiger partial charge is 0.0705 e. The largest absolute Gasteiger partial charge is 0.271 e. The average Bonchev–Trinajstić information content (AvgIpc) is 3.11. The fourth-order valence-electron chi connectivity index (χ4n) is 4.45. The Kier molecular flexibility index (Phi) is 2.97. The first kappa shape index (κ1) is 12.3. The number of aromatic nitrogens is 1. The minimum atomic E-state index is 0.275. The lowest BCUT2D eigenvalue weighted by Crippen LogP contribution is -2.35. The lowest BCUT2D eigenvalue weighted by Gasteiger charge is -2.30. The Morgan fingerprint density at radius 1 is 1.20 bits per heavy atom. The van der Waals surface area contributed by atoms with Gasteiger partial charge in [0, 0.05) is 17.6 Å². The number of hydrazine groups is 1. The van der Waals surface area contributed by atoms with E-state index in [1.54, 1.807) is 0 Å². The van der Waals surface area contributed by atoms with Gasteiger partial charge in [0.05, 0.1) is 5.52 Å². The number of nitrogens with zero attached hydrogens (tertiary/aromatic N) is 1. The van der Waals surface area contributed by atoms with Crippen LogP contribution in [0, 0.1) is 17.8 Å². The fourth-order valence-corrected chi connectivity index (χ4v) is 4.45. The quantitative estimate of drug-likeness (QED) is 0.663. The van der Waals surface area contributed by atoms with E-state index in [0.717, 1.165) is 17.4 Å². The van der Waals surface area contributed by atoms with Gasteiger partial charge in [0.1, 0.15) is 0 Å². The molecule has 4 atom stereocenters. The lowest BCUT2D eigenvalue weighted by atomic mass is 9.80. The van der Waals surface area contributed by atoms with Gasteiger partial charge in [0.15, 0.2) is 0 Å². The predicted molar refractivity (Wildman–Crippen MR) is 80.7 cm³/mol. The fraction of sp³-hybridized carbons (Fsp3) is 0.471. The number of pyridine rings is 1. The topological polar surface area (TPSA) is 50.9 Å². The molecule has 2 saturated carbocycles. The SMILES string of the molecule is NNC(c1ccc2cccnc2c1)C1CC2CCC1C2. The summed E-state index contributed by atoms with van der Waals surface area (Å²) in [5.74, 6) is 8.39. The minimum Gasteiger partial charge on any atom is -0.271 e. The summed E-state index contributed by atoms with van der Waals surface area (Å²) in [7, 11) is 0. The van der Waals surface area contributed by atoms with Crippen LogP contribution in [0.1, 0.15) is 37.3 Å². The van der Waals surface area contributed by atoms with Gasteiger partial charge < -0.3 is 0 Å². The second-order valence-corrected chi connectivity index (χ2v) is 6.44. The van der Waals surface area contributed by atoms with Crippen LogP contribution in [0.2, 0.25) is 0 Å². The van der Waals surface area contributed by atoms with Crippen LogP contribution >= 0.6 is 0 Å². The van der Waals surface area contributed by atoms with E-state index in [2.05, 4.69) is 34.7 Å². The molecular formula is C17H21N3. The Morgan fingerprint density at radius 2 is 2.15 bits per heavy atom. The summed E-state index contributed by atoms with van der Waals surface area (Å²) >= 11 is 0. The molecule has 0 amide bonds. The van der Waals surface area contributed by atoms with Crippen LogP contribution in [0.5, 0.6) is 0 Å². The average molecular weight is 267 g/mol. The maximum atomic E-state index is 5.89. The van der Waals surface area contributed by atoms with Crippen molar-refractivity contribution >= 4 is 10.9 Å². The lowest BCUT2D eigenvalue weighted by molar-refractivity contribution is 0.252. The molecule has 3 heteroatoms. The number of nitrogens with one attached hydrogen (secondary N) is 1. The molecule has 2 bridgehead atoms. The first-order valence-electron chi connectivity index (χ1n) is 7.66. The zero-order valence-electron chi connectivity index (χ0n) is 11.6. The third-order valence-corrected chi connectivity index (χ3v) is 5.39. The van der Waals surface area contributed by atoms with Crippen molar-refractivity contribution in [1.29, 1.82) is 0 Å². The number of fused-ring (bicyclic) bond motifs is 3. The van der Waals surface area contributed by atoms with Gasteiger partial charge >= 0.3 is 0 Å². The molecule has 3 nitrogen and oxygen atoms in total. The summed E-state index contributed by atoms with van der Waals surface area (Å²) in [6.07, 6.45) is 7.42. The van der Waals surface area contributed by atoms with E-state index >= 15 is 0 Å². The Balaban J connectivity index is 1.68. The Labute approximate surface area is 119 Å². The molecule has 0 saturated heterocycles. The zero-order chi connectivity index (χ0) is 13.5. The van der Waals surface area contributed by atoms with Gasteiger partial charge in [-0.15, -0.1) is 0 Å². The van der Waals surface area contributed by atoms with Crippen molar-refractivity contribution in [2.24, 2.45) is 23.6 Å². The van der Waals surface area contributed by atoms with E-state index in [-0.39, 0.29) is 6.04 Å². The Hall–Kier alpha value is -1.45. The van der Waals surface area contributed by atoms with Crippen LogP contribution in [0.3, 0.4) is 0 Å². The molecule has 2 aliphatic rings. The van der Waals surface area contributed by atoms with Crippen molar-refractivity contribution in [2.75, 3.05) is 0 Å². The molecular weight excluding hydrogens is 246 g/mol. The normalized spacial score (nSPS) is 29.9. The van der Waals surface area contributed by atoms with Crippen molar-refractivity contribution < 1.29 is 0 Å². The summed E-state index contributed by atoms with van der Waals surface area (Å²) in [5, 5.41) is 1.19. The van der Waals surface area contributed by atoms with Gasteiger partial charge in [-0.05, 0) is 54.7 Å². The maximum absolute atomic E-state index is 5.89. The van der Waals surface area contributed by atoms with Crippen molar-refractivity contribution in [3.05, 3.63) is 42.1 Å². The van der Waals surface area contributed by atoms with Crippen LogP contribution < -0.4 is 11.3 Å². The second kappa shape index (κ2) is 4.83. The highest BCUT2D eigenvalue weighted by Gasteiger charge is 2.43. The summed E-state index contributed by atoms with van der Waals surface area (Å²) < 4.78 is 0. The summed E-state index contributed by atoms with van der Waals surface area (Å²) in [5.41, 5.74) is 5.43. The van der Waals surface area contributed by atoms with Crippen LogP contribution in [0.25, 0.3) is 10.9 Å². The first-order valence-corrected chi connectivity index (χ1v) is 7.66. The highest BCUT2D eigenvalue weighted by molar-refractivity contribution is 5.79. The highest BCUT2D eigenvalue weighted by atomic mass is 15.2. The van der Waals surface area contributed by atoms with Gasteiger partial charge in [0.2, 0.25) is 0 Å². The number of hydrogen-bond donors (Lipinski definition) is 2. The highest BCUT2D eigenvalue weighted by Crippen LogP contribution is 2.52. The van der Waals surface area contributed by atoms with E-state index in [0.29, 0.717) is 5.92 Å². The molecule has 1 aromatic carbocycles.